The summed E-state index contributed by atoms with van der Waals surface area (Å²) in [6.07, 6.45) is 0.926. The van der Waals surface area contributed by atoms with Crippen molar-refractivity contribution in [2.75, 3.05) is 38.2 Å². The van der Waals surface area contributed by atoms with E-state index in [0.717, 1.165) is 23.4 Å². The van der Waals surface area contributed by atoms with Gasteiger partial charge in [-0.2, -0.15) is 4.31 Å². The fourth-order valence-electron chi connectivity index (χ4n) is 3.45. The van der Waals surface area contributed by atoms with Crippen LogP contribution in [0, 0.1) is 0 Å². The Morgan fingerprint density at radius 3 is 2.30 bits per heavy atom. The molecule has 0 saturated carbocycles. The minimum atomic E-state index is -3.51. The summed E-state index contributed by atoms with van der Waals surface area (Å²) in [4.78, 5) is 2.58. The summed E-state index contributed by atoms with van der Waals surface area (Å²) in [6.45, 7) is 6.54. The van der Waals surface area contributed by atoms with Crippen LogP contribution in [-0.4, -0.2) is 46.0 Å². The predicted molar refractivity (Wildman–Crippen MR) is 109 cm³/mol. The first-order chi connectivity index (χ1) is 13.0. The zero-order valence-electron chi connectivity index (χ0n) is 16.3. The minimum absolute atomic E-state index is 0.241. The molecule has 1 aliphatic rings. The third kappa shape index (κ3) is 4.12. The number of ether oxygens (including phenoxy) is 1. The number of hydrogen-bond donors (Lipinski definition) is 0. The lowest BCUT2D eigenvalue weighted by atomic mass is 9.98. The van der Waals surface area contributed by atoms with Gasteiger partial charge in [-0.1, -0.05) is 32.0 Å². The third-order valence-electron chi connectivity index (χ3n) is 5.34. The topological polar surface area (TPSA) is 49.9 Å². The molecule has 1 heterocycles. The Morgan fingerprint density at radius 2 is 1.70 bits per heavy atom. The van der Waals surface area contributed by atoms with E-state index >= 15 is 0 Å². The minimum Gasteiger partial charge on any atom is -0.496 e. The first-order valence-electron chi connectivity index (χ1n) is 9.45. The van der Waals surface area contributed by atoms with Gasteiger partial charge in [-0.15, -0.1) is 0 Å². The summed E-state index contributed by atoms with van der Waals surface area (Å²) in [6, 6.07) is 15.3. The maximum absolute atomic E-state index is 13.2. The Kier molecular flexibility index (Phi) is 6.07. The lowest BCUT2D eigenvalue weighted by molar-refractivity contribution is 0.384. The molecule has 1 fully saturated rings. The zero-order valence-corrected chi connectivity index (χ0v) is 17.1. The molecule has 5 nitrogen and oxygen atoms in total. The van der Waals surface area contributed by atoms with Crippen LogP contribution >= 0.6 is 0 Å². The van der Waals surface area contributed by atoms with Gasteiger partial charge in [0.1, 0.15) is 5.75 Å². The number of rotatable bonds is 6. The van der Waals surface area contributed by atoms with Crippen LogP contribution in [0.25, 0.3) is 0 Å². The Labute approximate surface area is 162 Å². The van der Waals surface area contributed by atoms with Crippen molar-refractivity contribution in [2.24, 2.45) is 0 Å². The van der Waals surface area contributed by atoms with E-state index in [1.165, 1.54) is 0 Å². The fourth-order valence-corrected chi connectivity index (χ4v) is 4.91. The van der Waals surface area contributed by atoms with Gasteiger partial charge in [-0.05, 0) is 48.2 Å². The molecule has 3 rings (SSSR count). The van der Waals surface area contributed by atoms with Gasteiger partial charge in [0.05, 0.1) is 12.0 Å². The molecular weight excluding hydrogens is 360 g/mol. The molecule has 146 valence electrons. The van der Waals surface area contributed by atoms with Crippen molar-refractivity contribution >= 4 is 15.7 Å². The van der Waals surface area contributed by atoms with Crippen molar-refractivity contribution in [3.8, 4) is 5.75 Å². The molecule has 0 aromatic heterocycles. The SMILES string of the molecule is CC[C@@H](C)c1cc(S(=O)(=O)N2CCN(c3ccccc3)CC2)ccc1OC. The van der Waals surface area contributed by atoms with Gasteiger partial charge < -0.3 is 9.64 Å². The maximum atomic E-state index is 13.2. The summed E-state index contributed by atoms with van der Waals surface area (Å²) < 4.78 is 33.3. The van der Waals surface area contributed by atoms with Crippen molar-refractivity contribution in [3.05, 3.63) is 54.1 Å². The molecule has 0 aliphatic carbocycles. The Morgan fingerprint density at radius 1 is 1.04 bits per heavy atom. The third-order valence-corrected chi connectivity index (χ3v) is 7.24. The summed E-state index contributed by atoms with van der Waals surface area (Å²) in [5, 5.41) is 0. The first-order valence-corrected chi connectivity index (χ1v) is 10.9. The predicted octanol–water partition coefficient (Wildman–Crippen LogP) is 3.72. The van der Waals surface area contributed by atoms with Gasteiger partial charge in [-0.25, -0.2) is 8.42 Å². The molecule has 1 saturated heterocycles. The van der Waals surface area contributed by atoms with Crippen molar-refractivity contribution in [3.63, 3.8) is 0 Å². The molecule has 0 bridgehead atoms. The number of hydrogen-bond acceptors (Lipinski definition) is 4. The normalized spacial score (nSPS) is 16.9. The lowest BCUT2D eigenvalue weighted by Gasteiger charge is -2.35. The fraction of sp³-hybridized carbons (Fsp3) is 0.429. The number of anilines is 1. The molecule has 0 unspecified atom stereocenters. The van der Waals surface area contributed by atoms with Crippen molar-refractivity contribution in [1.29, 1.82) is 0 Å². The van der Waals surface area contributed by atoms with E-state index in [4.69, 9.17) is 4.74 Å². The van der Waals surface area contributed by atoms with Crippen LogP contribution in [-0.2, 0) is 10.0 Å². The van der Waals surface area contributed by atoms with Gasteiger partial charge >= 0.3 is 0 Å². The lowest BCUT2D eigenvalue weighted by Crippen LogP contribution is -2.48. The second-order valence-electron chi connectivity index (χ2n) is 6.94. The number of para-hydroxylation sites is 1. The van der Waals surface area contributed by atoms with Crippen LogP contribution in [0.15, 0.2) is 53.4 Å². The number of benzene rings is 2. The van der Waals surface area contributed by atoms with Crippen LogP contribution in [0.1, 0.15) is 31.7 Å². The van der Waals surface area contributed by atoms with Crippen LogP contribution in [0.5, 0.6) is 5.75 Å². The highest BCUT2D eigenvalue weighted by atomic mass is 32.2. The molecule has 0 N–H and O–H groups in total. The average molecular weight is 389 g/mol. The van der Waals surface area contributed by atoms with Gasteiger partial charge in [0.25, 0.3) is 0 Å². The highest BCUT2D eigenvalue weighted by Gasteiger charge is 2.29. The van der Waals surface area contributed by atoms with Crippen LogP contribution in [0.2, 0.25) is 0 Å². The van der Waals surface area contributed by atoms with Crippen LogP contribution < -0.4 is 9.64 Å². The second kappa shape index (κ2) is 8.31. The van der Waals surface area contributed by atoms with Crippen molar-refractivity contribution < 1.29 is 13.2 Å². The van der Waals surface area contributed by atoms with Crippen molar-refractivity contribution in [1.82, 2.24) is 4.31 Å². The quantitative estimate of drug-likeness (QED) is 0.757. The molecule has 1 aliphatic heterocycles. The van der Waals surface area contributed by atoms with E-state index in [9.17, 15) is 8.42 Å². The van der Waals surface area contributed by atoms with Gasteiger partial charge in [0, 0.05) is 31.9 Å². The molecule has 0 radical (unpaired) electrons. The largest absolute Gasteiger partial charge is 0.496 e. The van der Waals surface area contributed by atoms with Crippen LogP contribution in [0.4, 0.5) is 5.69 Å². The van der Waals surface area contributed by atoms with E-state index in [1.54, 1.807) is 29.6 Å². The highest BCUT2D eigenvalue weighted by Crippen LogP contribution is 2.32. The number of piperazine rings is 1. The summed E-state index contributed by atoms with van der Waals surface area (Å²) in [5.41, 5.74) is 2.09. The van der Waals surface area contributed by atoms with E-state index < -0.39 is 10.0 Å². The Balaban J connectivity index is 1.79. The van der Waals surface area contributed by atoms with Crippen LogP contribution in [0.3, 0.4) is 0 Å². The molecule has 1 atom stereocenters. The molecule has 2 aromatic rings. The first kappa shape index (κ1) is 19.7. The maximum Gasteiger partial charge on any atom is 0.243 e. The van der Waals surface area contributed by atoms with Gasteiger partial charge in [0.2, 0.25) is 10.0 Å². The Bertz CT molecular complexity index is 860. The molecule has 27 heavy (non-hydrogen) atoms. The van der Waals surface area contributed by atoms with Gasteiger partial charge in [0.15, 0.2) is 0 Å². The smallest absolute Gasteiger partial charge is 0.243 e. The second-order valence-corrected chi connectivity index (χ2v) is 8.88. The Hall–Kier alpha value is -2.05. The number of sulfonamides is 1. The zero-order chi connectivity index (χ0) is 19.4. The van der Waals surface area contributed by atoms with E-state index in [2.05, 4.69) is 30.9 Å². The molecule has 6 heteroatoms. The average Bonchev–Trinajstić information content (AvgIpc) is 2.73. The molecule has 0 amide bonds. The standard InChI is InChI=1S/C21H28N2O3S/c1-4-17(2)20-16-19(10-11-21(20)26-3)27(24,25)23-14-12-22(13-15-23)18-8-6-5-7-9-18/h5-11,16-17H,4,12-15H2,1-3H3/t17-/m1/s1. The summed E-state index contributed by atoms with van der Waals surface area (Å²) in [7, 11) is -1.88. The summed E-state index contributed by atoms with van der Waals surface area (Å²) in [5.74, 6) is 0.988. The van der Waals surface area contributed by atoms with Gasteiger partial charge in [-0.3, -0.25) is 0 Å². The highest BCUT2D eigenvalue weighted by molar-refractivity contribution is 7.89. The molecule has 2 aromatic carbocycles. The number of nitrogens with zero attached hydrogens (tertiary/aromatic N) is 2. The number of methoxy groups -OCH3 is 1. The monoisotopic (exact) mass is 388 g/mol. The van der Waals surface area contributed by atoms with E-state index in [-0.39, 0.29) is 5.92 Å². The van der Waals surface area contributed by atoms with E-state index in [0.29, 0.717) is 31.1 Å². The molecule has 0 spiro atoms. The van der Waals surface area contributed by atoms with E-state index in [1.807, 2.05) is 18.2 Å². The molecular formula is C21H28N2O3S. The van der Waals surface area contributed by atoms with Crippen molar-refractivity contribution in [2.45, 2.75) is 31.1 Å². The summed E-state index contributed by atoms with van der Waals surface area (Å²) >= 11 is 0.